The highest BCUT2D eigenvalue weighted by atomic mass is 15.1. The van der Waals surface area contributed by atoms with E-state index in [0.717, 1.165) is 37.1 Å². The lowest BCUT2D eigenvalue weighted by Crippen LogP contribution is -2.17. The van der Waals surface area contributed by atoms with Crippen LogP contribution in [0.1, 0.15) is 56.2 Å². The van der Waals surface area contributed by atoms with Crippen LogP contribution in [0.4, 0.5) is 17.1 Å². The molecular weight excluding hydrogens is 569 g/mol. The van der Waals surface area contributed by atoms with E-state index in [1.807, 2.05) is 0 Å². The fraction of sp³-hybridized carbons (Fsp3) is 0.156. The van der Waals surface area contributed by atoms with Gasteiger partial charge < -0.3 is 9.47 Å². The third-order valence-electron chi connectivity index (χ3n) is 10.4. The van der Waals surface area contributed by atoms with Crippen LogP contribution in [0.5, 0.6) is 0 Å². The van der Waals surface area contributed by atoms with E-state index in [9.17, 15) is 0 Å². The molecule has 6 aromatic rings. The standard InChI is InChI=1S/C45H38N2/c1-45(2)41-21-13-12-20-37(41)38-25-23-35(29-42(38)45)46(33-16-8-4-9-17-33)36-24-26-39-40-28-32(31-14-6-3-7-15-31)22-27-43(40)47(44(39)30-36)34-18-10-5-11-19-34/h4-6,8-11,14-30H,3,7,12-13H2,1-2H3. The van der Waals surface area contributed by atoms with Crippen LogP contribution in [0, 0.1) is 0 Å². The van der Waals surface area contributed by atoms with Crippen molar-refractivity contribution in [3.8, 4) is 5.69 Å². The number of rotatable bonds is 5. The van der Waals surface area contributed by atoms with Gasteiger partial charge in [0.15, 0.2) is 0 Å². The monoisotopic (exact) mass is 606 g/mol. The molecule has 0 aliphatic heterocycles. The molecule has 5 aromatic carbocycles. The number of benzene rings is 5. The van der Waals surface area contributed by atoms with Crippen molar-refractivity contribution in [3.63, 3.8) is 0 Å². The Kier molecular flexibility index (Phi) is 6.47. The van der Waals surface area contributed by atoms with Crippen LogP contribution < -0.4 is 4.90 Å². The SMILES string of the molecule is CC1(C)C2=CCCC=C2c2ccc(N(c3ccccc3)c3ccc4c5cc(C6=CCCC=C6)ccc5n(-c5ccccc5)c4c3)cc21. The minimum atomic E-state index is -0.0235. The molecular formula is C45H38N2. The number of hydrogen-bond acceptors (Lipinski definition) is 1. The van der Waals surface area contributed by atoms with E-state index in [-0.39, 0.29) is 5.41 Å². The van der Waals surface area contributed by atoms with Crippen molar-refractivity contribution in [2.45, 2.75) is 44.9 Å². The summed E-state index contributed by atoms with van der Waals surface area (Å²) in [4.78, 5) is 2.43. The summed E-state index contributed by atoms with van der Waals surface area (Å²) in [6.45, 7) is 4.77. The van der Waals surface area contributed by atoms with E-state index in [2.05, 4.69) is 169 Å². The predicted octanol–water partition coefficient (Wildman–Crippen LogP) is 12.4. The summed E-state index contributed by atoms with van der Waals surface area (Å²) in [7, 11) is 0. The average Bonchev–Trinajstić information content (AvgIpc) is 3.57. The topological polar surface area (TPSA) is 8.17 Å². The Morgan fingerprint density at radius 3 is 2.15 bits per heavy atom. The maximum atomic E-state index is 2.47. The molecule has 1 heterocycles. The number of aromatic nitrogens is 1. The highest BCUT2D eigenvalue weighted by Crippen LogP contribution is 2.53. The zero-order valence-corrected chi connectivity index (χ0v) is 27.1. The highest BCUT2D eigenvalue weighted by molar-refractivity contribution is 6.11. The number of allylic oxidation sites excluding steroid dienone is 8. The third-order valence-corrected chi connectivity index (χ3v) is 10.4. The first kappa shape index (κ1) is 27.9. The number of fused-ring (bicyclic) bond motifs is 6. The summed E-state index contributed by atoms with van der Waals surface area (Å²) in [5.74, 6) is 0. The van der Waals surface area contributed by atoms with Gasteiger partial charge in [-0.2, -0.15) is 0 Å². The summed E-state index contributed by atoms with van der Waals surface area (Å²) in [5.41, 5.74) is 15.4. The molecule has 1 aromatic heterocycles. The first-order valence-electron chi connectivity index (χ1n) is 17.0. The molecule has 47 heavy (non-hydrogen) atoms. The largest absolute Gasteiger partial charge is 0.310 e. The molecule has 2 nitrogen and oxygen atoms in total. The summed E-state index contributed by atoms with van der Waals surface area (Å²) in [6.07, 6.45) is 16.3. The van der Waals surface area contributed by atoms with Gasteiger partial charge in [0.05, 0.1) is 11.0 Å². The van der Waals surface area contributed by atoms with Gasteiger partial charge in [-0.3, -0.25) is 0 Å². The van der Waals surface area contributed by atoms with E-state index in [0.29, 0.717) is 0 Å². The smallest absolute Gasteiger partial charge is 0.0561 e. The minimum Gasteiger partial charge on any atom is -0.310 e. The number of nitrogens with zero attached hydrogens (tertiary/aromatic N) is 2. The number of anilines is 3. The summed E-state index contributed by atoms with van der Waals surface area (Å²) in [5, 5.41) is 2.54. The molecule has 0 N–H and O–H groups in total. The van der Waals surface area contributed by atoms with Gasteiger partial charge in [-0.25, -0.2) is 0 Å². The van der Waals surface area contributed by atoms with Gasteiger partial charge in [0.25, 0.3) is 0 Å². The van der Waals surface area contributed by atoms with Crippen molar-refractivity contribution >= 4 is 50.0 Å². The molecule has 3 aliphatic rings. The molecule has 228 valence electrons. The summed E-state index contributed by atoms with van der Waals surface area (Å²) in [6, 6.07) is 42.7. The predicted molar refractivity (Wildman–Crippen MR) is 200 cm³/mol. The van der Waals surface area contributed by atoms with E-state index in [1.54, 1.807) is 0 Å². The fourth-order valence-corrected chi connectivity index (χ4v) is 8.13. The molecule has 0 saturated heterocycles. The zero-order chi connectivity index (χ0) is 31.5. The van der Waals surface area contributed by atoms with Gasteiger partial charge in [0, 0.05) is 38.9 Å². The lowest BCUT2D eigenvalue weighted by molar-refractivity contribution is 0.654. The van der Waals surface area contributed by atoms with Gasteiger partial charge in [0.1, 0.15) is 0 Å². The fourth-order valence-electron chi connectivity index (χ4n) is 8.13. The molecule has 9 rings (SSSR count). The van der Waals surface area contributed by atoms with E-state index >= 15 is 0 Å². The molecule has 0 radical (unpaired) electrons. The average molecular weight is 607 g/mol. The van der Waals surface area contributed by atoms with Crippen molar-refractivity contribution in [2.75, 3.05) is 4.90 Å². The maximum absolute atomic E-state index is 2.47. The van der Waals surface area contributed by atoms with Crippen molar-refractivity contribution in [1.29, 1.82) is 0 Å². The van der Waals surface area contributed by atoms with E-state index in [4.69, 9.17) is 0 Å². The normalized spacial score (nSPS) is 16.4. The lowest BCUT2D eigenvalue weighted by Gasteiger charge is -2.28. The molecule has 0 bridgehead atoms. The van der Waals surface area contributed by atoms with Gasteiger partial charge in [-0.1, -0.05) is 98.8 Å². The minimum absolute atomic E-state index is 0.0235. The molecule has 0 spiro atoms. The Bertz CT molecular complexity index is 2310. The quantitative estimate of drug-likeness (QED) is 0.189. The van der Waals surface area contributed by atoms with E-state index in [1.165, 1.54) is 66.6 Å². The Morgan fingerprint density at radius 2 is 1.34 bits per heavy atom. The summed E-state index contributed by atoms with van der Waals surface area (Å²) >= 11 is 0. The maximum Gasteiger partial charge on any atom is 0.0561 e. The first-order chi connectivity index (χ1) is 23.1. The van der Waals surface area contributed by atoms with Gasteiger partial charge in [-0.15, -0.1) is 0 Å². The lowest BCUT2D eigenvalue weighted by atomic mass is 9.80. The van der Waals surface area contributed by atoms with Crippen LogP contribution in [0.15, 0.2) is 151 Å². The molecule has 0 amide bonds. The van der Waals surface area contributed by atoms with Crippen molar-refractivity contribution in [2.24, 2.45) is 0 Å². The molecule has 0 saturated carbocycles. The summed E-state index contributed by atoms with van der Waals surface area (Å²) < 4.78 is 2.43. The Morgan fingerprint density at radius 1 is 0.596 bits per heavy atom. The number of para-hydroxylation sites is 2. The van der Waals surface area contributed by atoms with Gasteiger partial charge in [0.2, 0.25) is 0 Å². The first-order valence-corrected chi connectivity index (χ1v) is 17.0. The second-order valence-corrected chi connectivity index (χ2v) is 13.6. The molecule has 2 heteroatoms. The van der Waals surface area contributed by atoms with Crippen LogP contribution >= 0.6 is 0 Å². The van der Waals surface area contributed by atoms with Crippen LogP contribution in [0.2, 0.25) is 0 Å². The van der Waals surface area contributed by atoms with E-state index < -0.39 is 0 Å². The van der Waals surface area contributed by atoms with Crippen LogP contribution in [-0.4, -0.2) is 4.57 Å². The highest BCUT2D eigenvalue weighted by Gasteiger charge is 2.39. The molecule has 0 atom stereocenters. The molecule has 0 unspecified atom stereocenters. The zero-order valence-electron chi connectivity index (χ0n) is 27.1. The van der Waals surface area contributed by atoms with Crippen molar-refractivity contribution in [1.82, 2.24) is 4.57 Å². The molecule has 3 aliphatic carbocycles. The molecule has 0 fully saturated rings. The Balaban J connectivity index is 1.26. The van der Waals surface area contributed by atoms with Crippen molar-refractivity contribution < 1.29 is 0 Å². The second kappa shape index (κ2) is 10.9. The second-order valence-electron chi connectivity index (χ2n) is 13.6. The van der Waals surface area contributed by atoms with Crippen molar-refractivity contribution in [3.05, 3.63) is 168 Å². The number of hydrogen-bond donors (Lipinski definition) is 0. The van der Waals surface area contributed by atoms with Crippen LogP contribution in [0.3, 0.4) is 0 Å². The van der Waals surface area contributed by atoms with Gasteiger partial charge >= 0.3 is 0 Å². The Labute approximate surface area is 277 Å². The Hall–Kier alpha value is -5.34. The van der Waals surface area contributed by atoms with Gasteiger partial charge in [-0.05, 0) is 120 Å². The van der Waals surface area contributed by atoms with Crippen LogP contribution in [-0.2, 0) is 5.41 Å². The van der Waals surface area contributed by atoms with Crippen LogP contribution in [0.25, 0.3) is 38.6 Å². The third kappa shape index (κ3) is 4.47.